The van der Waals surface area contributed by atoms with E-state index in [1.54, 1.807) is 0 Å². The Kier molecular flexibility index (Phi) is 5.26. The van der Waals surface area contributed by atoms with Crippen LogP contribution in [-0.2, 0) is 0 Å². The van der Waals surface area contributed by atoms with Crippen molar-refractivity contribution in [3.63, 3.8) is 0 Å². The molecule has 1 rings (SSSR count). The van der Waals surface area contributed by atoms with Gasteiger partial charge >= 0.3 is 5.97 Å². The molecule has 5 nitrogen and oxygen atoms in total. The van der Waals surface area contributed by atoms with Crippen LogP contribution in [0.1, 0.15) is 43.2 Å². The fourth-order valence-electron chi connectivity index (χ4n) is 1.33. The maximum Gasteiger partial charge on any atom is 0.371 e. The van der Waals surface area contributed by atoms with Gasteiger partial charge in [-0.1, -0.05) is 26.2 Å². The van der Waals surface area contributed by atoms with Crippen LogP contribution in [0.15, 0.2) is 21.5 Å². The zero-order chi connectivity index (χ0) is 12.7. The Morgan fingerprint density at radius 2 is 2.18 bits per heavy atom. The van der Waals surface area contributed by atoms with Gasteiger partial charge in [0.1, 0.15) is 6.26 Å². The minimum absolute atomic E-state index is 0.0616. The Morgan fingerprint density at radius 1 is 1.41 bits per heavy atom. The molecule has 0 saturated heterocycles. The predicted molar refractivity (Wildman–Crippen MR) is 61.6 cm³/mol. The molecule has 0 spiro atoms. The predicted octanol–water partition coefficient (Wildman–Crippen LogP) is 2.30. The van der Waals surface area contributed by atoms with Crippen LogP contribution in [-0.4, -0.2) is 17.7 Å². The highest BCUT2D eigenvalue weighted by Crippen LogP contribution is 2.07. The zero-order valence-corrected chi connectivity index (χ0v) is 9.77. The number of carboxylic acid groups (broad SMARTS) is 1. The first-order valence-corrected chi connectivity index (χ1v) is 5.64. The summed E-state index contributed by atoms with van der Waals surface area (Å²) in [5.74, 6) is -1.59. The lowest BCUT2D eigenvalue weighted by atomic mass is 10.2. The number of hydrogen-bond donors (Lipinski definition) is 1. The summed E-state index contributed by atoms with van der Waals surface area (Å²) < 4.78 is 9.97. The molecule has 1 aromatic heterocycles. The molecule has 0 aliphatic rings. The third kappa shape index (κ3) is 4.30. The monoisotopic (exact) mass is 240 g/mol. The van der Waals surface area contributed by atoms with Crippen LogP contribution in [0.3, 0.4) is 0 Å². The van der Waals surface area contributed by atoms with E-state index in [9.17, 15) is 9.59 Å². The van der Waals surface area contributed by atoms with Crippen LogP contribution in [0.5, 0.6) is 5.75 Å². The molecule has 1 heterocycles. The SMILES string of the molecule is CCCCCCOc1coc(C(=O)O)cc1=O. The summed E-state index contributed by atoms with van der Waals surface area (Å²) in [6.07, 6.45) is 5.24. The number of ether oxygens (including phenoxy) is 1. The van der Waals surface area contributed by atoms with Crippen molar-refractivity contribution in [3.8, 4) is 5.75 Å². The Balaban J connectivity index is 2.49. The van der Waals surface area contributed by atoms with E-state index < -0.39 is 11.4 Å². The second-order valence-corrected chi connectivity index (χ2v) is 3.69. The van der Waals surface area contributed by atoms with E-state index in [1.165, 1.54) is 0 Å². The lowest BCUT2D eigenvalue weighted by molar-refractivity contribution is 0.0658. The summed E-state index contributed by atoms with van der Waals surface area (Å²) in [6.45, 7) is 2.55. The summed E-state index contributed by atoms with van der Waals surface area (Å²) in [5, 5.41) is 8.60. The Morgan fingerprint density at radius 3 is 2.76 bits per heavy atom. The number of aromatic carboxylic acids is 1. The van der Waals surface area contributed by atoms with Gasteiger partial charge in [-0.05, 0) is 6.42 Å². The highest BCUT2D eigenvalue weighted by Gasteiger charge is 2.09. The van der Waals surface area contributed by atoms with Crippen molar-refractivity contribution < 1.29 is 19.1 Å². The molecule has 0 unspecified atom stereocenters. The van der Waals surface area contributed by atoms with Crippen molar-refractivity contribution in [2.45, 2.75) is 32.6 Å². The van der Waals surface area contributed by atoms with Crippen LogP contribution in [0.4, 0.5) is 0 Å². The van der Waals surface area contributed by atoms with E-state index in [2.05, 4.69) is 6.92 Å². The summed E-state index contributed by atoms with van der Waals surface area (Å²) >= 11 is 0. The average Bonchev–Trinajstić information content (AvgIpc) is 2.30. The normalized spacial score (nSPS) is 10.2. The van der Waals surface area contributed by atoms with E-state index in [1.807, 2.05) is 0 Å². The molecule has 1 N–H and O–H groups in total. The van der Waals surface area contributed by atoms with Crippen molar-refractivity contribution in [3.05, 3.63) is 28.3 Å². The largest absolute Gasteiger partial charge is 0.487 e. The fraction of sp³-hybridized carbons (Fsp3) is 0.500. The van der Waals surface area contributed by atoms with Gasteiger partial charge in [-0.25, -0.2) is 4.79 Å². The lowest BCUT2D eigenvalue weighted by Gasteiger charge is -2.04. The van der Waals surface area contributed by atoms with E-state index in [0.29, 0.717) is 6.61 Å². The molecule has 17 heavy (non-hydrogen) atoms. The number of rotatable bonds is 7. The number of carbonyl (C=O) groups is 1. The number of hydrogen-bond acceptors (Lipinski definition) is 4. The molecule has 0 aliphatic heterocycles. The standard InChI is InChI=1S/C12H16O5/c1-2-3-4-5-6-16-11-8-17-10(12(14)15)7-9(11)13/h7-8H,2-6H2,1H3,(H,14,15). The minimum atomic E-state index is -1.27. The van der Waals surface area contributed by atoms with Gasteiger partial charge in [0.15, 0.2) is 0 Å². The topological polar surface area (TPSA) is 76.7 Å². The number of carboxylic acids is 1. The molecule has 0 aliphatic carbocycles. The first-order chi connectivity index (χ1) is 8.15. The molecule has 0 aromatic carbocycles. The summed E-state index contributed by atoms with van der Waals surface area (Å²) in [5.41, 5.74) is -0.468. The molecule has 0 amide bonds. The summed E-state index contributed by atoms with van der Waals surface area (Å²) in [6, 6.07) is 0.920. The van der Waals surface area contributed by atoms with Crippen molar-refractivity contribution >= 4 is 5.97 Å². The maximum atomic E-state index is 11.4. The van der Waals surface area contributed by atoms with Gasteiger partial charge < -0.3 is 14.3 Å². The molecule has 0 radical (unpaired) electrons. The van der Waals surface area contributed by atoms with Crippen LogP contribution < -0.4 is 10.2 Å². The second kappa shape index (κ2) is 6.73. The highest BCUT2D eigenvalue weighted by molar-refractivity contribution is 5.84. The quantitative estimate of drug-likeness (QED) is 0.740. The van der Waals surface area contributed by atoms with Crippen LogP contribution in [0.25, 0.3) is 0 Å². The van der Waals surface area contributed by atoms with Crippen molar-refractivity contribution in [1.82, 2.24) is 0 Å². The Bertz CT molecular complexity index is 421. The van der Waals surface area contributed by atoms with Gasteiger partial charge in [-0.3, -0.25) is 4.79 Å². The highest BCUT2D eigenvalue weighted by atomic mass is 16.5. The molecule has 1 aromatic rings. The second-order valence-electron chi connectivity index (χ2n) is 3.69. The van der Waals surface area contributed by atoms with Crippen LogP contribution in [0.2, 0.25) is 0 Å². The van der Waals surface area contributed by atoms with Crippen molar-refractivity contribution in [2.75, 3.05) is 6.61 Å². The molecule has 0 bridgehead atoms. The molecule has 5 heteroatoms. The molecule has 0 fully saturated rings. The molecule has 94 valence electrons. The van der Waals surface area contributed by atoms with Crippen molar-refractivity contribution in [1.29, 1.82) is 0 Å². The lowest BCUT2D eigenvalue weighted by Crippen LogP contribution is -2.10. The van der Waals surface area contributed by atoms with E-state index >= 15 is 0 Å². The first-order valence-electron chi connectivity index (χ1n) is 5.64. The average molecular weight is 240 g/mol. The molecule has 0 atom stereocenters. The Labute approximate surface area is 99.0 Å². The third-order valence-corrected chi connectivity index (χ3v) is 2.26. The van der Waals surface area contributed by atoms with Gasteiger partial charge in [0.2, 0.25) is 16.9 Å². The van der Waals surface area contributed by atoms with Gasteiger partial charge in [0.05, 0.1) is 6.61 Å². The fourth-order valence-corrected chi connectivity index (χ4v) is 1.33. The summed E-state index contributed by atoms with van der Waals surface area (Å²) in [4.78, 5) is 21.9. The van der Waals surface area contributed by atoms with E-state index in [0.717, 1.165) is 38.0 Å². The third-order valence-electron chi connectivity index (χ3n) is 2.26. The van der Waals surface area contributed by atoms with Crippen molar-refractivity contribution in [2.24, 2.45) is 0 Å². The van der Waals surface area contributed by atoms with Gasteiger partial charge in [0, 0.05) is 6.07 Å². The molecular formula is C12H16O5. The van der Waals surface area contributed by atoms with Crippen LogP contribution >= 0.6 is 0 Å². The smallest absolute Gasteiger partial charge is 0.371 e. The zero-order valence-electron chi connectivity index (χ0n) is 9.77. The van der Waals surface area contributed by atoms with E-state index in [-0.39, 0.29) is 11.5 Å². The summed E-state index contributed by atoms with van der Waals surface area (Å²) in [7, 11) is 0. The number of unbranched alkanes of at least 4 members (excludes halogenated alkanes) is 3. The maximum absolute atomic E-state index is 11.4. The molecule has 0 saturated carbocycles. The Hall–Kier alpha value is -1.78. The van der Waals surface area contributed by atoms with Gasteiger partial charge in [-0.2, -0.15) is 0 Å². The minimum Gasteiger partial charge on any atom is -0.487 e. The van der Waals surface area contributed by atoms with E-state index in [4.69, 9.17) is 14.3 Å². The molecular weight excluding hydrogens is 224 g/mol. The van der Waals surface area contributed by atoms with Crippen LogP contribution in [0, 0.1) is 0 Å². The van der Waals surface area contributed by atoms with Gasteiger partial charge in [-0.15, -0.1) is 0 Å². The first kappa shape index (κ1) is 13.3. The van der Waals surface area contributed by atoms with Gasteiger partial charge in [0.25, 0.3) is 0 Å².